The van der Waals surface area contributed by atoms with Crippen LogP contribution in [0, 0.1) is 5.92 Å². The van der Waals surface area contributed by atoms with Gasteiger partial charge in [-0.05, 0) is 30.9 Å². The Morgan fingerprint density at radius 3 is 2.92 bits per heavy atom. The van der Waals surface area contributed by atoms with Gasteiger partial charge in [-0.1, -0.05) is 12.8 Å². The number of hydrogen-bond acceptors (Lipinski definition) is 3. The molecule has 1 saturated carbocycles. The Hall–Kier alpha value is -1.82. The second-order valence-electron chi connectivity index (χ2n) is 6.85. The number of methoxy groups -OCH3 is 1. The molecule has 1 aliphatic heterocycles. The Labute approximate surface area is 143 Å². The minimum Gasteiger partial charge on any atom is -0.383 e. The largest absolute Gasteiger partial charge is 0.383 e. The second-order valence-corrected chi connectivity index (χ2v) is 6.85. The molecule has 1 unspecified atom stereocenters. The maximum atomic E-state index is 12.7. The highest BCUT2D eigenvalue weighted by atomic mass is 16.5. The van der Waals surface area contributed by atoms with E-state index < -0.39 is 0 Å². The van der Waals surface area contributed by atoms with Crippen molar-refractivity contribution in [2.24, 2.45) is 5.92 Å². The maximum absolute atomic E-state index is 12.7. The highest BCUT2D eigenvalue weighted by Crippen LogP contribution is 2.27. The van der Waals surface area contributed by atoms with E-state index in [0.29, 0.717) is 44.3 Å². The SMILES string of the molecule is COCCN1C(=O)c2cccn2CC1CNC(=O)CC1CCCC1. The molecule has 6 nitrogen and oxygen atoms in total. The summed E-state index contributed by atoms with van der Waals surface area (Å²) in [7, 11) is 1.63. The van der Waals surface area contributed by atoms with Gasteiger partial charge in [0.25, 0.3) is 5.91 Å². The van der Waals surface area contributed by atoms with Crippen molar-refractivity contribution >= 4 is 11.8 Å². The predicted octanol–water partition coefficient (Wildman–Crippen LogP) is 1.66. The van der Waals surface area contributed by atoms with Gasteiger partial charge in [-0.2, -0.15) is 0 Å². The topological polar surface area (TPSA) is 63.6 Å². The van der Waals surface area contributed by atoms with E-state index in [4.69, 9.17) is 4.74 Å². The normalized spacial score (nSPS) is 21.1. The van der Waals surface area contributed by atoms with Crippen LogP contribution in [0.1, 0.15) is 42.6 Å². The van der Waals surface area contributed by atoms with Crippen LogP contribution in [0.25, 0.3) is 0 Å². The van der Waals surface area contributed by atoms with Gasteiger partial charge in [0, 0.05) is 39.4 Å². The fourth-order valence-electron chi connectivity index (χ4n) is 3.84. The van der Waals surface area contributed by atoms with E-state index in [9.17, 15) is 9.59 Å². The second kappa shape index (κ2) is 7.83. The molecule has 132 valence electrons. The van der Waals surface area contributed by atoms with Gasteiger partial charge in [-0.3, -0.25) is 9.59 Å². The molecule has 1 aromatic heterocycles. The number of nitrogens with one attached hydrogen (secondary N) is 1. The van der Waals surface area contributed by atoms with Crippen LogP contribution >= 0.6 is 0 Å². The molecule has 0 bridgehead atoms. The fourth-order valence-corrected chi connectivity index (χ4v) is 3.84. The van der Waals surface area contributed by atoms with E-state index in [1.807, 2.05) is 27.8 Å². The molecule has 2 amide bonds. The molecule has 1 aromatic rings. The first-order chi connectivity index (χ1) is 11.7. The Morgan fingerprint density at radius 2 is 2.17 bits per heavy atom. The van der Waals surface area contributed by atoms with Crippen molar-refractivity contribution < 1.29 is 14.3 Å². The Kier molecular flexibility index (Phi) is 5.56. The number of carbonyl (C=O) groups is 2. The number of ether oxygens (including phenoxy) is 1. The fraction of sp³-hybridized carbons (Fsp3) is 0.667. The first kappa shape index (κ1) is 17.0. The zero-order chi connectivity index (χ0) is 16.9. The standard InChI is InChI=1S/C18H27N3O3/c1-24-10-9-21-15(13-20-8-4-7-16(20)18(21)23)12-19-17(22)11-14-5-2-3-6-14/h4,7-8,14-15H,2-3,5-6,9-13H2,1H3,(H,19,22). The van der Waals surface area contributed by atoms with Crippen LogP contribution in [-0.4, -0.2) is 54.1 Å². The summed E-state index contributed by atoms with van der Waals surface area (Å²) in [5.41, 5.74) is 0.708. The van der Waals surface area contributed by atoms with E-state index in [1.54, 1.807) is 7.11 Å². The molecule has 1 N–H and O–H groups in total. The molecule has 24 heavy (non-hydrogen) atoms. The van der Waals surface area contributed by atoms with Crippen LogP contribution in [0.5, 0.6) is 0 Å². The summed E-state index contributed by atoms with van der Waals surface area (Å²) >= 11 is 0. The van der Waals surface area contributed by atoms with E-state index in [0.717, 1.165) is 0 Å². The minimum atomic E-state index is -0.0277. The Balaban J connectivity index is 1.59. The molecule has 1 fully saturated rings. The van der Waals surface area contributed by atoms with Gasteiger partial charge in [0.05, 0.1) is 12.6 Å². The van der Waals surface area contributed by atoms with Crippen LogP contribution in [0.3, 0.4) is 0 Å². The van der Waals surface area contributed by atoms with Crippen molar-refractivity contribution in [2.45, 2.75) is 44.7 Å². The molecule has 6 heteroatoms. The summed E-state index contributed by atoms with van der Waals surface area (Å²) in [6.45, 7) is 2.25. The van der Waals surface area contributed by atoms with Gasteiger partial charge in [0.15, 0.2) is 0 Å². The number of amides is 2. The van der Waals surface area contributed by atoms with Crippen LogP contribution in [0.2, 0.25) is 0 Å². The summed E-state index contributed by atoms with van der Waals surface area (Å²) in [6.07, 6.45) is 7.37. The van der Waals surface area contributed by atoms with Crippen molar-refractivity contribution in [3.63, 3.8) is 0 Å². The number of aromatic nitrogens is 1. The number of rotatable bonds is 7. The molecule has 2 aliphatic rings. The third kappa shape index (κ3) is 3.80. The van der Waals surface area contributed by atoms with Gasteiger partial charge < -0.3 is 19.5 Å². The average Bonchev–Trinajstić information content (AvgIpc) is 3.23. The van der Waals surface area contributed by atoms with Gasteiger partial charge in [0.1, 0.15) is 5.69 Å². The van der Waals surface area contributed by atoms with Crippen molar-refractivity contribution in [1.82, 2.24) is 14.8 Å². The highest BCUT2D eigenvalue weighted by molar-refractivity contribution is 5.93. The third-order valence-corrected chi connectivity index (χ3v) is 5.18. The molecule has 3 rings (SSSR count). The lowest BCUT2D eigenvalue weighted by Gasteiger charge is -2.36. The molecule has 1 atom stereocenters. The number of fused-ring (bicyclic) bond motifs is 1. The van der Waals surface area contributed by atoms with Gasteiger partial charge in [-0.15, -0.1) is 0 Å². The molecule has 0 spiro atoms. The lowest BCUT2D eigenvalue weighted by Crippen LogP contribution is -2.53. The van der Waals surface area contributed by atoms with Crippen LogP contribution in [-0.2, 0) is 16.1 Å². The lowest BCUT2D eigenvalue weighted by atomic mass is 10.0. The lowest BCUT2D eigenvalue weighted by molar-refractivity contribution is -0.122. The monoisotopic (exact) mass is 333 g/mol. The molecular formula is C18H27N3O3. The predicted molar refractivity (Wildman–Crippen MR) is 90.7 cm³/mol. The zero-order valence-electron chi connectivity index (χ0n) is 14.4. The van der Waals surface area contributed by atoms with Crippen LogP contribution in [0.15, 0.2) is 18.3 Å². The van der Waals surface area contributed by atoms with Gasteiger partial charge in [-0.25, -0.2) is 0 Å². The molecule has 1 aliphatic carbocycles. The van der Waals surface area contributed by atoms with Gasteiger partial charge >= 0.3 is 0 Å². The first-order valence-electron chi connectivity index (χ1n) is 8.90. The van der Waals surface area contributed by atoms with E-state index in [-0.39, 0.29) is 17.9 Å². The summed E-state index contributed by atoms with van der Waals surface area (Å²) in [5, 5.41) is 3.04. The smallest absolute Gasteiger partial charge is 0.270 e. The van der Waals surface area contributed by atoms with Crippen molar-refractivity contribution in [3.8, 4) is 0 Å². The quantitative estimate of drug-likeness (QED) is 0.825. The highest BCUT2D eigenvalue weighted by Gasteiger charge is 2.32. The molecule has 0 radical (unpaired) electrons. The maximum Gasteiger partial charge on any atom is 0.270 e. The van der Waals surface area contributed by atoms with E-state index >= 15 is 0 Å². The van der Waals surface area contributed by atoms with Crippen molar-refractivity contribution in [2.75, 3.05) is 26.8 Å². The molecule has 0 aromatic carbocycles. The van der Waals surface area contributed by atoms with Crippen LogP contribution in [0.4, 0.5) is 0 Å². The summed E-state index contributed by atoms with van der Waals surface area (Å²) < 4.78 is 7.11. The molecule has 2 heterocycles. The number of carbonyl (C=O) groups excluding carboxylic acids is 2. The number of hydrogen-bond donors (Lipinski definition) is 1. The van der Waals surface area contributed by atoms with Crippen molar-refractivity contribution in [1.29, 1.82) is 0 Å². The summed E-state index contributed by atoms with van der Waals surface area (Å²) in [5.74, 6) is 0.663. The number of nitrogens with zero attached hydrogens (tertiary/aromatic N) is 2. The summed E-state index contributed by atoms with van der Waals surface area (Å²) in [6, 6.07) is 3.71. The van der Waals surface area contributed by atoms with E-state index in [1.165, 1.54) is 25.7 Å². The first-order valence-corrected chi connectivity index (χ1v) is 8.90. The third-order valence-electron chi connectivity index (χ3n) is 5.18. The van der Waals surface area contributed by atoms with Crippen LogP contribution < -0.4 is 5.32 Å². The van der Waals surface area contributed by atoms with E-state index in [2.05, 4.69) is 5.32 Å². The Morgan fingerprint density at radius 1 is 1.38 bits per heavy atom. The van der Waals surface area contributed by atoms with Crippen molar-refractivity contribution in [3.05, 3.63) is 24.0 Å². The Bertz CT molecular complexity index is 578. The summed E-state index contributed by atoms with van der Waals surface area (Å²) in [4.78, 5) is 26.7. The average molecular weight is 333 g/mol. The zero-order valence-corrected chi connectivity index (χ0v) is 14.4. The molecule has 0 saturated heterocycles. The molecular weight excluding hydrogens is 306 g/mol. The minimum absolute atomic E-state index is 0.0124. The van der Waals surface area contributed by atoms with Gasteiger partial charge in [0.2, 0.25) is 5.91 Å².